The number of rotatable bonds is 3. The van der Waals surface area contributed by atoms with Crippen LogP contribution in [0.25, 0.3) is 0 Å². The predicted octanol–water partition coefficient (Wildman–Crippen LogP) is 3.34. The van der Waals surface area contributed by atoms with Crippen LogP contribution in [0.2, 0.25) is 0 Å². The number of hydrogen-bond donors (Lipinski definition) is 2. The van der Waals surface area contributed by atoms with E-state index >= 15 is 0 Å². The summed E-state index contributed by atoms with van der Waals surface area (Å²) in [5, 5.41) is 5.16. The molecule has 0 heterocycles. The predicted molar refractivity (Wildman–Crippen MR) is 79.8 cm³/mol. The van der Waals surface area contributed by atoms with Crippen LogP contribution in [-0.2, 0) is 4.79 Å². The minimum absolute atomic E-state index is 0.174. The molecule has 0 aliphatic rings. The van der Waals surface area contributed by atoms with Crippen molar-refractivity contribution in [3.8, 4) is 0 Å². The summed E-state index contributed by atoms with van der Waals surface area (Å²) in [4.78, 5) is 23.0. The van der Waals surface area contributed by atoms with Gasteiger partial charge in [-0.2, -0.15) is 0 Å². The van der Waals surface area contributed by atoms with Gasteiger partial charge in [0.25, 0.3) is 5.91 Å². The molecule has 0 spiro atoms. The zero-order valence-corrected chi connectivity index (χ0v) is 11.7. The maximum Gasteiger partial charge on any atom is 0.255 e. The highest BCUT2D eigenvalue weighted by Crippen LogP contribution is 2.20. The number of carbonyl (C=O) groups is 2. The lowest BCUT2D eigenvalue weighted by atomic mass is 10.1. The number of aryl methyl sites for hydroxylation is 1. The van der Waals surface area contributed by atoms with Crippen LogP contribution in [0.4, 0.5) is 15.8 Å². The van der Waals surface area contributed by atoms with E-state index < -0.39 is 11.7 Å². The standard InChI is InChI=1S/C16H15FN2O2/c1-10-4-3-5-14(17)15(10)19-16(21)12-6-8-13(9-7-12)18-11(2)20/h3-9H,1-2H3,(H,18,20)(H,19,21). The summed E-state index contributed by atoms with van der Waals surface area (Å²) < 4.78 is 13.7. The molecule has 0 aliphatic heterocycles. The van der Waals surface area contributed by atoms with Gasteiger partial charge in [0.2, 0.25) is 5.91 Å². The van der Waals surface area contributed by atoms with Gasteiger partial charge in [-0.05, 0) is 42.8 Å². The van der Waals surface area contributed by atoms with Crippen LogP contribution in [0.5, 0.6) is 0 Å². The smallest absolute Gasteiger partial charge is 0.255 e. The number of para-hydroxylation sites is 1. The number of anilines is 2. The molecular formula is C16H15FN2O2. The molecule has 0 saturated carbocycles. The fourth-order valence-electron chi connectivity index (χ4n) is 1.88. The first-order valence-electron chi connectivity index (χ1n) is 6.41. The van der Waals surface area contributed by atoms with Crippen LogP contribution < -0.4 is 10.6 Å². The van der Waals surface area contributed by atoms with E-state index in [4.69, 9.17) is 0 Å². The van der Waals surface area contributed by atoms with Gasteiger partial charge in [0.15, 0.2) is 0 Å². The van der Waals surface area contributed by atoms with Gasteiger partial charge < -0.3 is 10.6 Å². The molecule has 4 nitrogen and oxygen atoms in total. The summed E-state index contributed by atoms with van der Waals surface area (Å²) in [6, 6.07) is 11.0. The molecule has 2 rings (SSSR count). The number of amides is 2. The third-order valence-electron chi connectivity index (χ3n) is 2.93. The molecule has 2 N–H and O–H groups in total. The number of carbonyl (C=O) groups excluding carboxylic acids is 2. The molecule has 2 aromatic carbocycles. The summed E-state index contributed by atoms with van der Waals surface area (Å²) in [5.41, 5.74) is 1.81. The van der Waals surface area contributed by atoms with E-state index in [1.54, 1.807) is 43.3 Å². The van der Waals surface area contributed by atoms with Gasteiger partial charge in [-0.3, -0.25) is 9.59 Å². The maximum absolute atomic E-state index is 13.7. The summed E-state index contributed by atoms with van der Waals surface area (Å²) >= 11 is 0. The quantitative estimate of drug-likeness (QED) is 0.909. The average Bonchev–Trinajstić information content (AvgIpc) is 2.43. The normalized spacial score (nSPS) is 10.0. The fraction of sp³-hybridized carbons (Fsp3) is 0.125. The van der Waals surface area contributed by atoms with Gasteiger partial charge in [-0.1, -0.05) is 12.1 Å². The Balaban J connectivity index is 2.15. The lowest BCUT2D eigenvalue weighted by Crippen LogP contribution is -2.14. The first-order chi connectivity index (χ1) is 9.97. The van der Waals surface area contributed by atoms with Gasteiger partial charge in [0.1, 0.15) is 5.82 Å². The SMILES string of the molecule is CC(=O)Nc1ccc(C(=O)Nc2c(C)cccc2F)cc1. The highest BCUT2D eigenvalue weighted by Gasteiger charge is 2.11. The van der Waals surface area contributed by atoms with E-state index in [2.05, 4.69) is 10.6 Å². The fourth-order valence-corrected chi connectivity index (χ4v) is 1.88. The second kappa shape index (κ2) is 6.17. The molecular weight excluding hydrogens is 271 g/mol. The summed E-state index contributed by atoms with van der Waals surface area (Å²) in [6.07, 6.45) is 0. The molecule has 21 heavy (non-hydrogen) atoms. The Morgan fingerprint density at radius 2 is 1.67 bits per heavy atom. The van der Waals surface area contributed by atoms with E-state index in [0.717, 1.165) is 0 Å². The molecule has 2 amide bonds. The van der Waals surface area contributed by atoms with Crippen molar-refractivity contribution in [1.82, 2.24) is 0 Å². The third-order valence-corrected chi connectivity index (χ3v) is 2.93. The molecule has 0 saturated heterocycles. The molecule has 0 unspecified atom stereocenters. The second-order valence-corrected chi connectivity index (χ2v) is 4.64. The van der Waals surface area contributed by atoms with Crippen LogP contribution in [0.15, 0.2) is 42.5 Å². The average molecular weight is 286 g/mol. The maximum atomic E-state index is 13.7. The summed E-state index contributed by atoms with van der Waals surface area (Å²) in [5.74, 6) is -1.06. The number of benzene rings is 2. The van der Waals surface area contributed by atoms with E-state index in [-0.39, 0.29) is 11.6 Å². The Morgan fingerprint density at radius 3 is 2.24 bits per heavy atom. The Labute approximate surface area is 122 Å². The Bertz CT molecular complexity index is 661. The highest BCUT2D eigenvalue weighted by molar-refractivity contribution is 6.05. The van der Waals surface area contributed by atoms with Crippen LogP contribution in [0.3, 0.4) is 0 Å². The van der Waals surface area contributed by atoms with Crippen molar-refractivity contribution in [2.24, 2.45) is 0 Å². The molecule has 0 atom stereocenters. The van der Waals surface area contributed by atoms with Crippen LogP contribution >= 0.6 is 0 Å². The van der Waals surface area contributed by atoms with Gasteiger partial charge in [0.05, 0.1) is 5.69 Å². The molecule has 2 aromatic rings. The topological polar surface area (TPSA) is 58.2 Å². The van der Waals surface area contributed by atoms with Crippen molar-refractivity contribution >= 4 is 23.2 Å². The minimum atomic E-state index is -0.474. The van der Waals surface area contributed by atoms with Gasteiger partial charge >= 0.3 is 0 Å². The summed E-state index contributed by atoms with van der Waals surface area (Å²) in [6.45, 7) is 3.13. The van der Waals surface area contributed by atoms with Gasteiger partial charge in [-0.25, -0.2) is 4.39 Å². The van der Waals surface area contributed by atoms with E-state index in [1.807, 2.05) is 0 Å². The molecule has 0 aromatic heterocycles. The molecule has 0 aliphatic carbocycles. The molecule has 5 heteroatoms. The van der Waals surface area contributed by atoms with Crippen molar-refractivity contribution in [2.75, 3.05) is 10.6 Å². The van der Waals surface area contributed by atoms with Crippen molar-refractivity contribution in [3.05, 3.63) is 59.4 Å². The highest BCUT2D eigenvalue weighted by atomic mass is 19.1. The first-order valence-corrected chi connectivity index (χ1v) is 6.41. The van der Waals surface area contributed by atoms with Gasteiger partial charge in [-0.15, -0.1) is 0 Å². The molecule has 108 valence electrons. The van der Waals surface area contributed by atoms with Crippen molar-refractivity contribution in [1.29, 1.82) is 0 Å². The Kier molecular flexibility index (Phi) is 4.33. The molecule has 0 fully saturated rings. The number of nitrogens with one attached hydrogen (secondary N) is 2. The van der Waals surface area contributed by atoms with E-state index in [9.17, 15) is 14.0 Å². The Hall–Kier alpha value is -2.69. The van der Waals surface area contributed by atoms with Crippen molar-refractivity contribution in [3.63, 3.8) is 0 Å². The Morgan fingerprint density at radius 1 is 1.00 bits per heavy atom. The van der Waals surface area contributed by atoms with Gasteiger partial charge in [0, 0.05) is 18.2 Å². The lowest BCUT2D eigenvalue weighted by molar-refractivity contribution is -0.114. The number of hydrogen-bond acceptors (Lipinski definition) is 2. The molecule has 0 radical (unpaired) electrons. The third kappa shape index (κ3) is 3.66. The zero-order chi connectivity index (χ0) is 15.4. The van der Waals surface area contributed by atoms with Crippen LogP contribution in [0, 0.1) is 12.7 Å². The minimum Gasteiger partial charge on any atom is -0.326 e. The zero-order valence-electron chi connectivity index (χ0n) is 11.7. The molecule has 0 bridgehead atoms. The first kappa shape index (κ1) is 14.7. The largest absolute Gasteiger partial charge is 0.326 e. The van der Waals surface area contributed by atoms with Crippen LogP contribution in [0.1, 0.15) is 22.8 Å². The number of halogens is 1. The second-order valence-electron chi connectivity index (χ2n) is 4.64. The van der Waals surface area contributed by atoms with Crippen molar-refractivity contribution in [2.45, 2.75) is 13.8 Å². The van der Waals surface area contributed by atoms with E-state index in [1.165, 1.54) is 13.0 Å². The van der Waals surface area contributed by atoms with E-state index in [0.29, 0.717) is 16.8 Å². The van der Waals surface area contributed by atoms with Crippen molar-refractivity contribution < 1.29 is 14.0 Å². The lowest BCUT2D eigenvalue weighted by Gasteiger charge is -2.10. The van der Waals surface area contributed by atoms with Crippen LogP contribution in [-0.4, -0.2) is 11.8 Å². The monoisotopic (exact) mass is 286 g/mol. The summed E-state index contributed by atoms with van der Waals surface area (Å²) in [7, 11) is 0.